The minimum absolute atomic E-state index is 0.0276. The maximum atomic E-state index is 12.7. The van der Waals surface area contributed by atoms with Gasteiger partial charge >= 0.3 is 0 Å². The Morgan fingerprint density at radius 2 is 1.81 bits per heavy atom. The molecule has 1 saturated heterocycles. The Labute approximate surface area is 197 Å². The lowest BCUT2D eigenvalue weighted by molar-refractivity contribution is -0.132. The van der Waals surface area contributed by atoms with Crippen LogP contribution < -0.4 is 0 Å². The molecule has 2 aromatic carbocycles. The van der Waals surface area contributed by atoms with Crippen LogP contribution in [0, 0.1) is 12.8 Å². The van der Waals surface area contributed by atoms with Crippen LogP contribution in [0.3, 0.4) is 0 Å². The summed E-state index contributed by atoms with van der Waals surface area (Å²) in [6.45, 7) is 3.20. The molecule has 1 fully saturated rings. The van der Waals surface area contributed by atoms with Gasteiger partial charge < -0.3 is 9.32 Å². The van der Waals surface area contributed by atoms with Crippen LogP contribution in [0.15, 0.2) is 53.1 Å². The number of likely N-dealkylation sites (tertiary alicyclic amines) is 1. The van der Waals surface area contributed by atoms with Crippen LogP contribution in [-0.2, 0) is 11.2 Å². The molecule has 0 bridgehead atoms. The number of piperidine rings is 1. The molecule has 4 rings (SSSR count). The van der Waals surface area contributed by atoms with E-state index in [2.05, 4.69) is 4.98 Å². The third-order valence-electron chi connectivity index (χ3n) is 5.86. The van der Waals surface area contributed by atoms with E-state index < -0.39 is 0 Å². The van der Waals surface area contributed by atoms with Crippen LogP contribution in [0.2, 0.25) is 10.0 Å². The number of nitrogens with zero attached hydrogens (tertiary/aromatic N) is 2. The largest absolute Gasteiger partial charge is 0.441 e. The van der Waals surface area contributed by atoms with Crippen molar-refractivity contribution in [1.82, 2.24) is 9.88 Å². The summed E-state index contributed by atoms with van der Waals surface area (Å²) in [5, 5.41) is 1.03. The van der Waals surface area contributed by atoms with Gasteiger partial charge in [-0.05, 0) is 38.0 Å². The highest BCUT2D eigenvalue weighted by Gasteiger charge is 2.28. The highest BCUT2D eigenvalue weighted by atomic mass is 35.5. The smallest absolute Gasteiger partial charge is 0.223 e. The molecular formula is C25H24Cl2N2O3. The normalized spacial score (nSPS) is 14.5. The van der Waals surface area contributed by atoms with Crippen molar-refractivity contribution in [2.45, 2.75) is 32.6 Å². The van der Waals surface area contributed by atoms with Crippen LogP contribution in [0.25, 0.3) is 11.3 Å². The lowest BCUT2D eigenvalue weighted by atomic mass is 9.88. The Morgan fingerprint density at radius 3 is 2.50 bits per heavy atom. The van der Waals surface area contributed by atoms with Crippen molar-refractivity contribution in [2.75, 3.05) is 13.1 Å². The molecule has 32 heavy (non-hydrogen) atoms. The number of halogens is 2. The van der Waals surface area contributed by atoms with Gasteiger partial charge in [-0.1, -0.05) is 53.0 Å². The summed E-state index contributed by atoms with van der Waals surface area (Å²) in [4.78, 5) is 31.5. The van der Waals surface area contributed by atoms with Gasteiger partial charge in [-0.3, -0.25) is 9.59 Å². The first kappa shape index (κ1) is 22.6. The zero-order valence-corrected chi connectivity index (χ0v) is 19.3. The monoisotopic (exact) mass is 470 g/mol. The van der Waals surface area contributed by atoms with E-state index in [4.69, 9.17) is 27.6 Å². The highest BCUT2D eigenvalue weighted by molar-refractivity contribution is 6.36. The van der Waals surface area contributed by atoms with E-state index in [9.17, 15) is 9.59 Å². The average Bonchev–Trinajstić information content (AvgIpc) is 3.26. The number of hydrogen-bond acceptors (Lipinski definition) is 4. The molecule has 0 saturated carbocycles. The molecule has 0 radical (unpaired) electrons. The van der Waals surface area contributed by atoms with Gasteiger partial charge in [0.1, 0.15) is 0 Å². The molecule has 1 aliphatic rings. The Balaban J connectivity index is 1.28. The maximum absolute atomic E-state index is 12.7. The number of ketones is 1. The standard InChI is InChI=1S/C25H24Cl2N2O3/c1-16-2-4-17(5-3-16)25(31)18-10-12-29(13-11-18)24(30)9-8-23-28-15-22(32-23)20-7-6-19(26)14-21(20)27/h2-7,14-15,18H,8-13H2,1H3. The molecular weight excluding hydrogens is 447 g/mol. The van der Waals surface area contributed by atoms with Crippen LogP contribution in [-0.4, -0.2) is 34.7 Å². The van der Waals surface area contributed by atoms with E-state index in [0.29, 0.717) is 66.0 Å². The zero-order chi connectivity index (χ0) is 22.7. The Kier molecular flexibility index (Phi) is 6.97. The molecule has 1 amide bonds. The molecule has 0 aliphatic carbocycles. The number of amides is 1. The first-order valence-electron chi connectivity index (χ1n) is 10.7. The lowest BCUT2D eigenvalue weighted by Gasteiger charge is -2.31. The minimum atomic E-state index is -0.0276. The van der Waals surface area contributed by atoms with Crippen molar-refractivity contribution >= 4 is 34.9 Å². The third kappa shape index (κ3) is 5.22. The summed E-state index contributed by atoms with van der Waals surface area (Å²) in [6, 6.07) is 12.9. The number of benzene rings is 2. The quantitative estimate of drug-likeness (QED) is 0.413. The van der Waals surface area contributed by atoms with Crippen LogP contribution in [0.1, 0.15) is 41.1 Å². The van der Waals surface area contributed by atoms with Gasteiger partial charge in [-0.2, -0.15) is 0 Å². The summed E-state index contributed by atoms with van der Waals surface area (Å²) in [7, 11) is 0. The number of hydrogen-bond donors (Lipinski definition) is 0. The van der Waals surface area contributed by atoms with Crippen molar-refractivity contribution in [1.29, 1.82) is 0 Å². The average molecular weight is 471 g/mol. The second-order valence-corrected chi connectivity index (χ2v) is 8.97. The van der Waals surface area contributed by atoms with Crippen molar-refractivity contribution in [3.05, 3.63) is 75.7 Å². The summed E-state index contributed by atoms with van der Waals surface area (Å²) in [5.74, 6) is 1.23. The minimum Gasteiger partial charge on any atom is -0.441 e. The van der Waals surface area contributed by atoms with Crippen molar-refractivity contribution in [3.8, 4) is 11.3 Å². The van der Waals surface area contributed by atoms with E-state index in [0.717, 1.165) is 11.1 Å². The third-order valence-corrected chi connectivity index (χ3v) is 6.41. The van der Waals surface area contributed by atoms with Crippen molar-refractivity contribution < 1.29 is 14.0 Å². The Bertz CT molecular complexity index is 1120. The number of carbonyl (C=O) groups excluding carboxylic acids is 2. The molecule has 1 aromatic heterocycles. The number of aromatic nitrogens is 1. The SMILES string of the molecule is Cc1ccc(C(=O)C2CCN(C(=O)CCc3ncc(-c4ccc(Cl)cc4Cl)o3)CC2)cc1. The fourth-order valence-electron chi connectivity index (χ4n) is 3.96. The summed E-state index contributed by atoms with van der Waals surface area (Å²) in [5.41, 5.74) is 2.60. The molecule has 2 heterocycles. The Morgan fingerprint density at radius 1 is 1.09 bits per heavy atom. The second-order valence-electron chi connectivity index (χ2n) is 8.13. The fourth-order valence-corrected chi connectivity index (χ4v) is 4.46. The number of rotatable bonds is 6. The highest BCUT2D eigenvalue weighted by Crippen LogP contribution is 2.31. The molecule has 5 nitrogen and oxygen atoms in total. The van der Waals surface area contributed by atoms with Crippen molar-refractivity contribution in [2.24, 2.45) is 5.92 Å². The van der Waals surface area contributed by atoms with E-state index >= 15 is 0 Å². The summed E-state index contributed by atoms with van der Waals surface area (Å²) < 4.78 is 5.78. The molecule has 0 N–H and O–H groups in total. The number of carbonyl (C=O) groups is 2. The Hall–Kier alpha value is -2.63. The second kappa shape index (κ2) is 9.88. The van der Waals surface area contributed by atoms with E-state index in [1.165, 1.54) is 0 Å². The zero-order valence-electron chi connectivity index (χ0n) is 17.8. The van der Waals surface area contributed by atoms with Gasteiger partial charge in [0.15, 0.2) is 17.4 Å². The van der Waals surface area contributed by atoms with Gasteiger partial charge in [0.2, 0.25) is 5.91 Å². The van der Waals surface area contributed by atoms with Gasteiger partial charge in [0.05, 0.1) is 11.2 Å². The first-order chi connectivity index (χ1) is 15.4. The van der Waals surface area contributed by atoms with Crippen LogP contribution >= 0.6 is 23.2 Å². The van der Waals surface area contributed by atoms with Crippen molar-refractivity contribution in [3.63, 3.8) is 0 Å². The van der Waals surface area contributed by atoms with Gasteiger partial charge in [-0.15, -0.1) is 0 Å². The van der Waals surface area contributed by atoms with Gasteiger partial charge in [0, 0.05) is 48.0 Å². The van der Waals surface area contributed by atoms with Crippen LogP contribution in [0.4, 0.5) is 0 Å². The summed E-state index contributed by atoms with van der Waals surface area (Å²) in [6.07, 6.45) is 3.71. The topological polar surface area (TPSA) is 63.4 Å². The predicted molar refractivity (Wildman–Crippen MR) is 125 cm³/mol. The molecule has 1 aliphatic heterocycles. The molecule has 3 aromatic rings. The van der Waals surface area contributed by atoms with Crippen LogP contribution in [0.5, 0.6) is 0 Å². The number of oxazole rings is 1. The molecule has 166 valence electrons. The van der Waals surface area contributed by atoms with Gasteiger partial charge in [-0.25, -0.2) is 4.98 Å². The number of aryl methyl sites for hydroxylation is 2. The molecule has 7 heteroatoms. The molecule has 0 atom stereocenters. The lowest BCUT2D eigenvalue weighted by Crippen LogP contribution is -2.40. The van der Waals surface area contributed by atoms with E-state index in [1.54, 1.807) is 24.4 Å². The molecule has 0 spiro atoms. The fraction of sp³-hybridized carbons (Fsp3) is 0.320. The maximum Gasteiger partial charge on any atom is 0.223 e. The van der Waals surface area contributed by atoms with E-state index in [1.807, 2.05) is 36.1 Å². The van der Waals surface area contributed by atoms with Gasteiger partial charge in [0.25, 0.3) is 0 Å². The number of Topliss-reactive ketones (excluding diaryl/α,β-unsaturated/α-hetero) is 1. The van der Waals surface area contributed by atoms with E-state index in [-0.39, 0.29) is 17.6 Å². The predicted octanol–water partition coefficient (Wildman–Crippen LogP) is 6.01. The summed E-state index contributed by atoms with van der Waals surface area (Å²) >= 11 is 12.2. The first-order valence-corrected chi connectivity index (χ1v) is 11.4. The molecule has 0 unspecified atom stereocenters.